The molecule has 1 fully saturated rings. The van der Waals surface area contributed by atoms with Crippen molar-refractivity contribution in [3.05, 3.63) is 16.1 Å². The molecule has 0 saturated carbocycles. The molecule has 0 spiro atoms. The van der Waals surface area contributed by atoms with Crippen molar-refractivity contribution in [3.8, 4) is 0 Å². The topological polar surface area (TPSA) is 85.5 Å². The molecule has 0 unspecified atom stereocenters. The van der Waals surface area contributed by atoms with Crippen LogP contribution in [0.4, 0.5) is 0 Å². The third kappa shape index (κ3) is 4.25. The van der Waals surface area contributed by atoms with E-state index in [0.717, 1.165) is 10.7 Å². The number of likely N-dealkylation sites (tertiary alicyclic amines) is 1. The molecule has 1 aromatic heterocycles. The average molecular weight is 311 g/mol. The molecule has 1 amide bonds. The van der Waals surface area contributed by atoms with Crippen LogP contribution in [0.2, 0.25) is 0 Å². The standard InChI is InChI=1S/C14H21N3O3S/c1-2-20-14(19)10-3-5-17(6-4-10)13(18)7-11-9-21-12(8-15)16-11/h9-10H,2-8,15H2,1H3. The Kier molecular flexibility index (Phi) is 5.69. The second kappa shape index (κ2) is 7.51. The summed E-state index contributed by atoms with van der Waals surface area (Å²) in [6, 6.07) is 0. The number of aromatic nitrogens is 1. The number of amides is 1. The predicted octanol–water partition coefficient (Wildman–Crippen LogP) is 0.946. The van der Waals surface area contributed by atoms with Gasteiger partial charge in [0.1, 0.15) is 5.01 Å². The number of ether oxygens (including phenoxy) is 1. The molecule has 21 heavy (non-hydrogen) atoms. The molecular weight excluding hydrogens is 290 g/mol. The first-order valence-corrected chi connectivity index (χ1v) is 8.09. The highest BCUT2D eigenvalue weighted by molar-refractivity contribution is 7.09. The van der Waals surface area contributed by atoms with E-state index < -0.39 is 0 Å². The van der Waals surface area contributed by atoms with E-state index in [2.05, 4.69) is 4.98 Å². The van der Waals surface area contributed by atoms with Gasteiger partial charge in [0.15, 0.2) is 0 Å². The van der Waals surface area contributed by atoms with Crippen molar-refractivity contribution in [1.82, 2.24) is 9.88 Å². The van der Waals surface area contributed by atoms with Gasteiger partial charge >= 0.3 is 5.97 Å². The van der Waals surface area contributed by atoms with Gasteiger partial charge in [0.05, 0.1) is 24.6 Å². The van der Waals surface area contributed by atoms with Crippen LogP contribution in [0.15, 0.2) is 5.38 Å². The molecule has 0 atom stereocenters. The summed E-state index contributed by atoms with van der Waals surface area (Å²) in [6.07, 6.45) is 1.66. The van der Waals surface area contributed by atoms with Crippen LogP contribution in [-0.4, -0.2) is 41.5 Å². The smallest absolute Gasteiger partial charge is 0.309 e. The van der Waals surface area contributed by atoms with E-state index in [-0.39, 0.29) is 17.8 Å². The van der Waals surface area contributed by atoms with Gasteiger partial charge in [0.2, 0.25) is 5.91 Å². The van der Waals surface area contributed by atoms with Crippen molar-refractivity contribution < 1.29 is 14.3 Å². The van der Waals surface area contributed by atoms with Crippen LogP contribution in [0.5, 0.6) is 0 Å². The predicted molar refractivity (Wildman–Crippen MR) is 79.6 cm³/mol. The summed E-state index contributed by atoms with van der Waals surface area (Å²) in [7, 11) is 0. The summed E-state index contributed by atoms with van der Waals surface area (Å²) in [4.78, 5) is 30.0. The summed E-state index contributed by atoms with van der Waals surface area (Å²) in [5.41, 5.74) is 6.29. The first-order valence-electron chi connectivity index (χ1n) is 7.21. The SMILES string of the molecule is CCOC(=O)C1CCN(C(=O)Cc2csc(CN)n2)CC1. The monoisotopic (exact) mass is 311 g/mol. The molecule has 0 aliphatic carbocycles. The molecule has 0 bridgehead atoms. The van der Waals surface area contributed by atoms with Gasteiger partial charge in [0, 0.05) is 25.0 Å². The van der Waals surface area contributed by atoms with Crippen molar-refractivity contribution in [1.29, 1.82) is 0 Å². The third-order valence-electron chi connectivity index (χ3n) is 3.57. The van der Waals surface area contributed by atoms with Crippen LogP contribution >= 0.6 is 11.3 Å². The Morgan fingerprint density at radius 3 is 2.76 bits per heavy atom. The number of hydrogen-bond donors (Lipinski definition) is 1. The summed E-state index contributed by atoms with van der Waals surface area (Å²) in [5, 5.41) is 2.73. The lowest BCUT2D eigenvalue weighted by molar-refractivity contribution is -0.151. The Morgan fingerprint density at radius 2 is 2.19 bits per heavy atom. The first kappa shape index (κ1) is 15.9. The maximum atomic E-state index is 12.2. The van der Waals surface area contributed by atoms with Gasteiger partial charge in [-0.25, -0.2) is 4.98 Å². The lowest BCUT2D eigenvalue weighted by Crippen LogP contribution is -2.41. The zero-order valence-corrected chi connectivity index (χ0v) is 13.0. The molecule has 116 valence electrons. The average Bonchev–Trinajstić information content (AvgIpc) is 2.95. The lowest BCUT2D eigenvalue weighted by Gasteiger charge is -2.30. The van der Waals surface area contributed by atoms with Gasteiger partial charge in [-0.05, 0) is 19.8 Å². The van der Waals surface area contributed by atoms with Gasteiger partial charge in [-0.3, -0.25) is 9.59 Å². The minimum absolute atomic E-state index is 0.0613. The van der Waals surface area contributed by atoms with Gasteiger partial charge in [-0.1, -0.05) is 0 Å². The Labute approximate surface area is 128 Å². The van der Waals surface area contributed by atoms with E-state index in [1.807, 2.05) is 5.38 Å². The molecule has 0 radical (unpaired) electrons. The van der Waals surface area contributed by atoms with Crippen LogP contribution < -0.4 is 5.73 Å². The van der Waals surface area contributed by atoms with Crippen molar-refractivity contribution in [3.63, 3.8) is 0 Å². The fourth-order valence-electron chi connectivity index (χ4n) is 2.42. The van der Waals surface area contributed by atoms with Crippen LogP contribution in [0, 0.1) is 5.92 Å². The summed E-state index contributed by atoms with van der Waals surface area (Å²) in [5.74, 6) is -0.153. The van der Waals surface area contributed by atoms with Crippen molar-refractivity contribution in [2.45, 2.75) is 32.7 Å². The molecule has 1 aliphatic heterocycles. The fourth-order valence-corrected chi connectivity index (χ4v) is 3.09. The summed E-state index contributed by atoms with van der Waals surface area (Å²) >= 11 is 1.48. The Morgan fingerprint density at radius 1 is 1.48 bits per heavy atom. The van der Waals surface area contributed by atoms with E-state index in [4.69, 9.17) is 10.5 Å². The van der Waals surface area contributed by atoms with Crippen LogP contribution in [-0.2, 0) is 27.3 Å². The highest BCUT2D eigenvalue weighted by Crippen LogP contribution is 2.20. The number of nitrogens with zero attached hydrogens (tertiary/aromatic N) is 2. The van der Waals surface area contributed by atoms with Crippen molar-refractivity contribution in [2.75, 3.05) is 19.7 Å². The van der Waals surface area contributed by atoms with Crippen LogP contribution in [0.25, 0.3) is 0 Å². The second-order valence-corrected chi connectivity index (χ2v) is 5.96. The number of nitrogens with two attached hydrogens (primary N) is 1. The number of piperidine rings is 1. The normalized spacial score (nSPS) is 16.0. The molecule has 2 N–H and O–H groups in total. The minimum Gasteiger partial charge on any atom is -0.466 e. The van der Waals surface area contributed by atoms with E-state index in [9.17, 15) is 9.59 Å². The van der Waals surface area contributed by atoms with Gasteiger partial charge in [-0.15, -0.1) is 11.3 Å². The molecule has 0 aromatic carbocycles. The highest BCUT2D eigenvalue weighted by atomic mass is 32.1. The first-order chi connectivity index (χ1) is 10.1. The largest absolute Gasteiger partial charge is 0.466 e. The molecule has 1 aromatic rings. The quantitative estimate of drug-likeness (QED) is 0.818. The summed E-state index contributed by atoms with van der Waals surface area (Å²) in [6.45, 7) is 3.83. The maximum absolute atomic E-state index is 12.2. The number of carbonyl (C=O) groups is 2. The van der Waals surface area contributed by atoms with E-state index in [0.29, 0.717) is 45.5 Å². The maximum Gasteiger partial charge on any atom is 0.309 e. The molecule has 2 rings (SSSR count). The second-order valence-electron chi connectivity index (χ2n) is 5.02. The third-order valence-corrected chi connectivity index (χ3v) is 4.49. The number of thiazole rings is 1. The van der Waals surface area contributed by atoms with Crippen molar-refractivity contribution in [2.24, 2.45) is 11.7 Å². The van der Waals surface area contributed by atoms with Gasteiger partial charge in [-0.2, -0.15) is 0 Å². The number of hydrogen-bond acceptors (Lipinski definition) is 6. The Balaban J connectivity index is 1.81. The Hall–Kier alpha value is -1.47. The zero-order valence-electron chi connectivity index (χ0n) is 12.2. The van der Waals surface area contributed by atoms with E-state index >= 15 is 0 Å². The molecule has 7 heteroatoms. The number of rotatable bonds is 5. The zero-order chi connectivity index (χ0) is 15.2. The van der Waals surface area contributed by atoms with Crippen LogP contribution in [0.3, 0.4) is 0 Å². The minimum atomic E-state index is -0.142. The summed E-state index contributed by atoms with van der Waals surface area (Å²) < 4.78 is 5.02. The molecule has 1 aliphatic rings. The number of carbonyl (C=O) groups excluding carboxylic acids is 2. The highest BCUT2D eigenvalue weighted by Gasteiger charge is 2.28. The Bertz CT molecular complexity index is 495. The molecular formula is C14H21N3O3S. The van der Waals surface area contributed by atoms with Gasteiger partial charge < -0.3 is 15.4 Å². The molecule has 6 nitrogen and oxygen atoms in total. The van der Waals surface area contributed by atoms with E-state index in [1.165, 1.54) is 11.3 Å². The van der Waals surface area contributed by atoms with Crippen molar-refractivity contribution >= 4 is 23.2 Å². The molecule has 1 saturated heterocycles. The lowest BCUT2D eigenvalue weighted by atomic mass is 9.97. The fraction of sp³-hybridized carbons (Fsp3) is 0.643. The van der Waals surface area contributed by atoms with Gasteiger partial charge in [0.25, 0.3) is 0 Å². The van der Waals surface area contributed by atoms with Crippen LogP contribution in [0.1, 0.15) is 30.5 Å². The molecule has 2 heterocycles. The number of esters is 1. The van der Waals surface area contributed by atoms with E-state index in [1.54, 1.807) is 11.8 Å².